The molecule has 21 heavy (non-hydrogen) atoms. The molecule has 2 aromatic carbocycles. The Labute approximate surface area is 119 Å². The molecule has 0 saturated heterocycles. The zero-order chi connectivity index (χ0) is 15.4. The zero-order valence-corrected chi connectivity index (χ0v) is 10.8. The lowest BCUT2D eigenvalue weighted by Gasteiger charge is -2.03. The summed E-state index contributed by atoms with van der Waals surface area (Å²) in [5.74, 6) is -0.409. The first-order chi connectivity index (χ1) is 9.99. The Morgan fingerprint density at radius 3 is 2.33 bits per heavy atom. The Hall–Kier alpha value is -3.09. The second-order valence-electron chi connectivity index (χ2n) is 4.29. The van der Waals surface area contributed by atoms with Gasteiger partial charge in [0.2, 0.25) is 0 Å². The minimum absolute atomic E-state index is 0.142. The highest BCUT2D eigenvalue weighted by Gasteiger charge is 2.17. The third kappa shape index (κ3) is 3.27. The maximum absolute atomic E-state index is 12.1. The number of non-ortho nitro benzene ring substituents is 1. The van der Waals surface area contributed by atoms with E-state index in [4.69, 9.17) is 0 Å². The van der Waals surface area contributed by atoms with Gasteiger partial charge >= 0.3 is 0 Å². The molecular weight excluding hydrogens is 276 g/mol. The molecule has 0 amide bonds. The van der Waals surface area contributed by atoms with Crippen molar-refractivity contribution in [3.8, 4) is 0 Å². The Morgan fingerprint density at radius 2 is 1.67 bits per heavy atom. The van der Waals surface area contributed by atoms with Crippen molar-refractivity contribution in [1.82, 2.24) is 0 Å². The SMILES string of the molecule is O=C(Cc1ccccc1[N+](=O)[O-])c1cccc([N+](=O)[O-])c1. The lowest BCUT2D eigenvalue weighted by molar-refractivity contribution is -0.385. The first kappa shape index (κ1) is 14.3. The summed E-state index contributed by atoms with van der Waals surface area (Å²) >= 11 is 0. The van der Waals surface area contributed by atoms with Crippen molar-refractivity contribution in [2.75, 3.05) is 0 Å². The monoisotopic (exact) mass is 286 g/mol. The number of ketones is 1. The van der Waals surface area contributed by atoms with Crippen molar-refractivity contribution in [2.24, 2.45) is 0 Å². The lowest BCUT2D eigenvalue weighted by Crippen LogP contribution is -2.06. The van der Waals surface area contributed by atoms with Gasteiger partial charge in [-0.1, -0.05) is 30.3 Å². The number of para-hydroxylation sites is 1. The molecule has 0 aliphatic heterocycles. The highest BCUT2D eigenvalue weighted by Crippen LogP contribution is 2.21. The predicted octanol–water partition coefficient (Wildman–Crippen LogP) is 2.93. The van der Waals surface area contributed by atoms with Crippen LogP contribution < -0.4 is 0 Å². The number of carbonyl (C=O) groups is 1. The van der Waals surface area contributed by atoms with E-state index in [1.807, 2.05) is 0 Å². The average Bonchev–Trinajstić information content (AvgIpc) is 2.47. The fraction of sp³-hybridized carbons (Fsp3) is 0.0714. The van der Waals surface area contributed by atoms with Crippen molar-refractivity contribution in [3.63, 3.8) is 0 Å². The highest BCUT2D eigenvalue weighted by molar-refractivity contribution is 5.98. The van der Waals surface area contributed by atoms with E-state index in [-0.39, 0.29) is 28.9 Å². The Morgan fingerprint density at radius 1 is 0.952 bits per heavy atom. The van der Waals surface area contributed by atoms with Crippen LogP contribution in [0.1, 0.15) is 15.9 Å². The molecule has 7 nitrogen and oxygen atoms in total. The molecule has 2 rings (SSSR count). The molecule has 0 aliphatic rings. The summed E-state index contributed by atoms with van der Waals surface area (Å²) in [5.41, 5.74) is 0.0982. The number of carbonyl (C=O) groups excluding carboxylic acids is 1. The molecule has 0 radical (unpaired) electrons. The van der Waals surface area contributed by atoms with Crippen molar-refractivity contribution in [2.45, 2.75) is 6.42 Å². The molecule has 0 heterocycles. The van der Waals surface area contributed by atoms with Gasteiger partial charge in [-0.3, -0.25) is 25.0 Å². The van der Waals surface area contributed by atoms with Crippen molar-refractivity contribution in [1.29, 1.82) is 0 Å². The van der Waals surface area contributed by atoms with Gasteiger partial charge in [-0.2, -0.15) is 0 Å². The van der Waals surface area contributed by atoms with Crippen LogP contribution in [0, 0.1) is 20.2 Å². The number of nitro benzene ring substituents is 2. The lowest BCUT2D eigenvalue weighted by atomic mass is 10.0. The Balaban J connectivity index is 2.28. The van der Waals surface area contributed by atoms with Gasteiger partial charge in [-0.15, -0.1) is 0 Å². The van der Waals surface area contributed by atoms with Gasteiger partial charge in [-0.25, -0.2) is 0 Å². The number of hydrogen-bond acceptors (Lipinski definition) is 5. The van der Waals surface area contributed by atoms with Gasteiger partial charge in [0, 0.05) is 35.7 Å². The van der Waals surface area contributed by atoms with Gasteiger partial charge in [0.15, 0.2) is 5.78 Å². The predicted molar refractivity (Wildman–Crippen MR) is 74.2 cm³/mol. The van der Waals surface area contributed by atoms with E-state index in [1.165, 1.54) is 36.4 Å². The van der Waals surface area contributed by atoms with Crippen LogP contribution in [0.2, 0.25) is 0 Å². The summed E-state index contributed by atoms with van der Waals surface area (Å²) in [6.07, 6.45) is -0.182. The third-order valence-corrected chi connectivity index (χ3v) is 2.92. The number of nitro groups is 2. The molecule has 2 aromatic rings. The fourth-order valence-corrected chi connectivity index (χ4v) is 1.91. The van der Waals surface area contributed by atoms with Crippen LogP contribution in [0.15, 0.2) is 48.5 Å². The van der Waals surface area contributed by atoms with Gasteiger partial charge in [-0.05, 0) is 0 Å². The maximum atomic E-state index is 12.1. The largest absolute Gasteiger partial charge is 0.294 e. The summed E-state index contributed by atoms with van der Waals surface area (Å²) < 4.78 is 0. The normalized spacial score (nSPS) is 10.1. The van der Waals surface area contributed by atoms with E-state index < -0.39 is 15.6 Å². The van der Waals surface area contributed by atoms with Gasteiger partial charge in [0.05, 0.1) is 9.85 Å². The number of Topliss-reactive ketones (excluding diaryl/α,β-unsaturated/α-hetero) is 1. The molecule has 106 valence electrons. The number of nitrogens with zero attached hydrogens (tertiary/aromatic N) is 2. The number of rotatable bonds is 5. The first-order valence-corrected chi connectivity index (χ1v) is 5.99. The molecular formula is C14H10N2O5. The number of benzene rings is 2. The van der Waals surface area contributed by atoms with Gasteiger partial charge < -0.3 is 0 Å². The van der Waals surface area contributed by atoms with Crippen LogP contribution in [0.3, 0.4) is 0 Å². The quantitative estimate of drug-likeness (QED) is 0.477. The highest BCUT2D eigenvalue weighted by atomic mass is 16.6. The van der Waals surface area contributed by atoms with Crippen LogP contribution >= 0.6 is 0 Å². The van der Waals surface area contributed by atoms with Gasteiger partial charge in [0.25, 0.3) is 11.4 Å². The third-order valence-electron chi connectivity index (χ3n) is 2.92. The topological polar surface area (TPSA) is 103 Å². The first-order valence-electron chi connectivity index (χ1n) is 5.99. The molecule has 0 saturated carbocycles. The van der Waals surface area contributed by atoms with Gasteiger partial charge in [0.1, 0.15) is 0 Å². The van der Waals surface area contributed by atoms with E-state index in [2.05, 4.69) is 0 Å². The minimum atomic E-state index is -0.595. The van der Waals surface area contributed by atoms with E-state index in [0.717, 1.165) is 6.07 Å². The molecule has 0 spiro atoms. The molecule has 7 heteroatoms. The average molecular weight is 286 g/mol. The zero-order valence-electron chi connectivity index (χ0n) is 10.8. The summed E-state index contributed by atoms with van der Waals surface area (Å²) in [6.45, 7) is 0. The summed E-state index contributed by atoms with van der Waals surface area (Å²) in [6, 6.07) is 11.2. The van der Waals surface area contributed by atoms with E-state index in [0.29, 0.717) is 0 Å². The molecule has 0 unspecified atom stereocenters. The van der Waals surface area contributed by atoms with E-state index >= 15 is 0 Å². The van der Waals surface area contributed by atoms with Crippen LogP contribution in [0.5, 0.6) is 0 Å². The molecule has 0 bridgehead atoms. The smallest absolute Gasteiger partial charge is 0.273 e. The van der Waals surface area contributed by atoms with Crippen LogP contribution in [-0.4, -0.2) is 15.6 Å². The maximum Gasteiger partial charge on any atom is 0.273 e. The summed E-state index contributed by atoms with van der Waals surface area (Å²) in [5, 5.41) is 21.6. The minimum Gasteiger partial charge on any atom is -0.294 e. The second-order valence-corrected chi connectivity index (χ2v) is 4.29. The van der Waals surface area contributed by atoms with Crippen LogP contribution in [-0.2, 0) is 6.42 Å². The molecule has 0 aromatic heterocycles. The van der Waals surface area contributed by atoms with Crippen molar-refractivity contribution >= 4 is 17.2 Å². The summed E-state index contributed by atoms with van der Waals surface area (Å²) in [4.78, 5) is 32.5. The standard InChI is InChI=1S/C14H10N2O5/c17-14(11-5-3-6-12(8-11)15(18)19)9-10-4-1-2-7-13(10)16(20)21/h1-8H,9H2. The van der Waals surface area contributed by atoms with Crippen LogP contribution in [0.4, 0.5) is 11.4 Å². The summed E-state index contributed by atoms with van der Waals surface area (Å²) in [7, 11) is 0. The van der Waals surface area contributed by atoms with E-state index in [1.54, 1.807) is 6.07 Å². The molecule has 0 fully saturated rings. The van der Waals surface area contributed by atoms with Crippen LogP contribution in [0.25, 0.3) is 0 Å². The van der Waals surface area contributed by atoms with E-state index in [9.17, 15) is 25.0 Å². The van der Waals surface area contributed by atoms with Crippen molar-refractivity contribution < 1.29 is 14.6 Å². The molecule has 0 N–H and O–H groups in total. The Bertz CT molecular complexity index is 727. The number of hydrogen-bond donors (Lipinski definition) is 0. The fourth-order valence-electron chi connectivity index (χ4n) is 1.91. The molecule has 0 aliphatic carbocycles. The Kier molecular flexibility index (Phi) is 4.03. The van der Waals surface area contributed by atoms with Crippen molar-refractivity contribution in [3.05, 3.63) is 79.9 Å². The second kappa shape index (κ2) is 5.91. The molecule has 0 atom stereocenters.